The Kier molecular flexibility index (Phi) is 7.45. The number of carboxylic acid groups (broad SMARTS) is 1. The summed E-state index contributed by atoms with van der Waals surface area (Å²) in [6.45, 7) is 0.826. The second kappa shape index (κ2) is 10.0. The minimum atomic E-state index is -1.08. The molecular weight excluding hydrogens is 334 g/mol. The zero-order valence-electron chi connectivity index (χ0n) is 14.4. The fourth-order valence-electron chi connectivity index (χ4n) is 2.28. The summed E-state index contributed by atoms with van der Waals surface area (Å²) in [6, 6.07) is 15.1. The van der Waals surface area contributed by atoms with E-state index in [1.807, 2.05) is 30.3 Å². The second-order valence-electron chi connectivity index (χ2n) is 5.72. The smallest absolute Gasteiger partial charge is 0.326 e. The molecule has 1 unspecified atom stereocenters. The molecule has 0 aliphatic carbocycles. The molecule has 0 saturated heterocycles. The van der Waals surface area contributed by atoms with Crippen molar-refractivity contribution in [2.24, 2.45) is 5.73 Å². The molecule has 0 saturated carbocycles. The fourth-order valence-corrected chi connectivity index (χ4v) is 2.28. The maximum absolute atomic E-state index is 11.9. The predicted octanol–water partition coefficient (Wildman–Crippen LogP) is 2.58. The Morgan fingerprint density at radius 3 is 2.38 bits per heavy atom. The molecule has 0 aliphatic rings. The van der Waals surface area contributed by atoms with Crippen molar-refractivity contribution in [3.8, 4) is 5.75 Å². The van der Waals surface area contributed by atoms with Crippen LogP contribution in [0.3, 0.4) is 0 Å². The van der Waals surface area contributed by atoms with Gasteiger partial charge in [-0.1, -0.05) is 30.3 Å². The van der Waals surface area contributed by atoms with Crippen LogP contribution in [0.5, 0.6) is 5.75 Å². The van der Waals surface area contributed by atoms with E-state index >= 15 is 0 Å². The molecule has 0 aliphatic heterocycles. The molecular formula is C19H23N3O4. The van der Waals surface area contributed by atoms with E-state index in [0.29, 0.717) is 31.0 Å². The standard InChI is InChI=1S/C19H23N3O4/c20-12-4-7-17(18(23)24)22-19(25)21-15-8-10-16(11-9-15)26-13-14-5-2-1-3-6-14/h1-3,5-6,8-11,17H,4,7,12-13,20H2,(H,23,24)(H2,21,22,25). The maximum atomic E-state index is 11.9. The number of aliphatic carboxylic acids is 1. The lowest BCUT2D eigenvalue weighted by atomic mass is 10.1. The Morgan fingerprint density at radius 2 is 1.77 bits per heavy atom. The van der Waals surface area contributed by atoms with Gasteiger partial charge in [-0.05, 0) is 49.2 Å². The number of benzene rings is 2. The first-order valence-electron chi connectivity index (χ1n) is 8.35. The number of nitrogens with one attached hydrogen (secondary N) is 2. The van der Waals surface area contributed by atoms with Crippen molar-refractivity contribution >= 4 is 17.7 Å². The number of carbonyl (C=O) groups is 2. The number of nitrogens with two attached hydrogens (primary N) is 1. The average molecular weight is 357 g/mol. The summed E-state index contributed by atoms with van der Waals surface area (Å²) in [5.41, 5.74) is 6.97. The molecule has 1 atom stereocenters. The molecule has 2 aromatic carbocycles. The third kappa shape index (κ3) is 6.45. The number of carbonyl (C=O) groups excluding carboxylic acids is 1. The van der Waals surface area contributed by atoms with Crippen LogP contribution in [0.1, 0.15) is 18.4 Å². The number of ether oxygens (including phenoxy) is 1. The van der Waals surface area contributed by atoms with Gasteiger partial charge in [0.05, 0.1) is 0 Å². The van der Waals surface area contributed by atoms with Crippen LogP contribution in [0.4, 0.5) is 10.5 Å². The van der Waals surface area contributed by atoms with Crippen molar-refractivity contribution in [2.75, 3.05) is 11.9 Å². The largest absolute Gasteiger partial charge is 0.489 e. The molecule has 7 heteroatoms. The summed E-state index contributed by atoms with van der Waals surface area (Å²) in [6.07, 6.45) is 0.802. The van der Waals surface area contributed by atoms with E-state index < -0.39 is 18.0 Å². The molecule has 2 aromatic rings. The number of urea groups is 1. The average Bonchev–Trinajstić information content (AvgIpc) is 2.65. The molecule has 0 spiro atoms. The van der Waals surface area contributed by atoms with Crippen LogP contribution in [0.15, 0.2) is 54.6 Å². The maximum Gasteiger partial charge on any atom is 0.326 e. The van der Waals surface area contributed by atoms with Crippen LogP contribution in [0.25, 0.3) is 0 Å². The van der Waals surface area contributed by atoms with Gasteiger partial charge >= 0.3 is 12.0 Å². The van der Waals surface area contributed by atoms with Gasteiger partial charge in [0.2, 0.25) is 0 Å². The van der Waals surface area contributed by atoms with Gasteiger partial charge in [-0.2, -0.15) is 0 Å². The Hall–Kier alpha value is -3.06. The Labute approximate surface area is 152 Å². The van der Waals surface area contributed by atoms with Crippen molar-refractivity contribution in [1.82, 2.24) is 5.32 Å². The summed E-state index contributed by atoms with van der Waals surface area (Å²) in [7, 11) is 0. The molecule has 26 heavy (non-hydrogen) atoms. The van der Waals surface area contributed by atoms with E-state index in [-0.39, 0.29) is 6.42 Å². The topological polar surface area (TPSA) is 114 Å². The summed E-state index contributed by atoms with van der Waals surface area (Å²) in [4.78, 5) is 23.1. The number of anilines is 1. The molecule has 7 nitrogen and oxygen atoms in total. The second-order valence-corrected chi connectivity index (χ2v) is 5.72. The zero-order chi connectivity index (χ0) is 18.8. The van der Waals surface area contributed by atoms with Crippen LogP contribution in [0, 0.1) is 0 Å². The minimum absolute atomic E-state index is 0.283. The summed E-state index contributed by atoms with van der Waals surface area (Å²) >= 11 is 0. The van der Waals surface area contributed by atoms with Crippen molar-refractivity contribution in [3.05, 3.63) is 60.2 Å². The first-order valence-corrected chi connectivity index (χ1v) is 8.35. The van der Waals surface area contributed by atoms with E-state index in [1.54, 1.807) is 24.3 Å². The lowest BCUT2D eigenvalue weighted by Crippen LogP contribution is -2.43. The highest BCUT2D eigenvalue weighted by Crippen LogP contribution is 2.17. The summed E-state index contributed by atoms with van der Waals surface area (Å²) in [5, 5.41) is 14.1. The molecule has 138 valence electrons. The Balaban J connectivity index is 1.83. The van der Waals surface area contributed by atoms with Gasteiger partial charge < -0.3 is 26.2 Å². The van der Waals surface area contributed by atoms with Crippen LogP contribution >= 0.6 is 0 Å². The highest BCUT2D eigenvalue weighted by atomic mass is 16.5. The van der Waals surface area contributed by atoms with Crippen molar-refractivity contribution in [3.63, 3.8) is 0 Å². The molecule has 0 radical (unpaired) electrons. The van der Waals surface area contributed by atoms with Crippen LogP contribution in [-0.2, 0) is 11.4 Å². The summed E-state index contributed by atoms with van der Waals surface area (Å²) in [5.74, 6) is -0.413. The van der Waals surface area contributed by atoms with E-state index in [0.717, 1.165) is 5.56 Å². The molecule has 2 amide bonds. The van der Waals surface area contributed by atoms with Crippen molar-refractivity contribution < 1.29 is 19.4 Å². The van der Waals surface area contributed by atoms with E-state index in [9.17, 15) is 9.59 Å². The van der Waals surface area contributed by atoms with Gasteiger partial charge in [0.15, 0.2) is 0 Å². The monoisotopic (exact) mass is 357 g/mol. The quantitative estimate of drug-likeness (QED) is 0.551. The van der Waals surface area contributed by atoms with Gasteiger partial charge in [-0.25, -0.2) is 9.59 Å². The number of amides is 2. The van der Waals surface area contributed by atoms with Crippen molar-refractivity contribution in [1.29, 1.82) is 0 Å². The minimum Gasteiger partial charge on any atom is -0.489 e. The summed E-state index contributed by atoms with van der Waals surface area (Å²) < 4.78 is 5.67. The van der Waals surface area contributed by atoms with Gasteiger partial charge in [0, 0.05) is 5.69 Å². The van der Waals surface area contributed by atoms with E-state index in [2.05, 4.69) is 10.6 Å². The van der Waals surface area contributed by atoms with E-state index in [1.165, 1.54) is 0 Å². The first-order chi connectivity index (χ1) is 12.6. The Morgan fingerprint density at radius 1 is 1.08 bits per heavy atom. The number of rotatable bonds is 9. The SMILES string of the molecule is NCCCC(NC(=O)Nc1ccc(OCc2ccccc2)cc1)C(=O)O. The van der Waals surface area contributed by atoms with Gasteiger partial charge in [-0.15, -0.1) is 0 Å². The molecule has 0 aromatic heterocycles. The molecule has 2 rings (SSSR count). The van der Waals surface area contributed by atoms with Gasteiger partial charge in [0.1, 0.15) is 18.4 Å². The van der Waals surface area contributed by atoms with E-state index in [4.69, 9.17) is 15.6 Å². The Bertz CT molecular complexity index is 704. The highest BCUT2D eigenvalue weighted by Gasteiger charge is 2.19. The predicted molar refractivity (Wildman–Crippen MR) is 99.1 cm³/mol. The van der Waals surface area contributed by atoms with Crippen LogP contribution in [-0.4, -0.2) is 29.7 Å². The lowest BCUT2D eigenvalue weighted by Gasteiger charge is -2.15. The normalized spacial score (nSPS) is 11.4. The zero-order valence-corrected chi connectivity index (χ0v) is 14.4. The molecule has 0 fully saturated rings. The third-order valence-corrected chi connectivity index (χ3v) is 3.66. The highest BCUT2D eigenvalue weighted by molar-refractivity contribution is 5.92. The third-order valence-electron chi connectivity index (χ3n) is 3.66. The number of carboxylic acids is 1. The van der Waals surface area contributed by atoms with Gasteiger partial charge in [0.25, 0.3) is 0 Å². The first kappa shape index (κ1) is 19.3. The number of hydrogen-bond acceptors (Lipinski definition) is 4. The van der Waals surface area contributed by atoms with Crippen LogP contribution in [0.2, 0.25) is 0 Å². The fraction of sp³-hybridized carbons (Fsp3) is 0.263. The van der Waals surface area contributed by atoms with Gasteiger partial charge in [-0.3, -0.25) is 0 Å². The van der Waals surface area contributed by atoms with Crippen molar-refractivity contribution in [2.45, 2.75) is 25.5 Å². The molecule has 0 heterocycles. The lowest BCUT2D eigenvalue weighted by molar-refractivity contribution is -0.139. The van der Waals surface area contributed by atoms with Crippen LogP contribution < -0.4 is 21.1 Å². The molecule has 0 bridgehead atoms. The molecule has 5 N–H and O–H groups in total. The number of hydrogen-bond donors (Lipinski definition) is 4.